The average Bonchev–Trinajstić information content (AvgIpc) is 2.97. The molecule has 0 unspecified atom stereocenters. The van der Waals surface area contributed by atoms with Gasteiger partial charge in [-0.3, -0.25) is 0 Å². The number of hydrogen-bond acceptors (Lipinski definition) is 3. The lowest BCUT2D eigenvalue weighted by atomic mass is 9.85. The second-order valence-electron chi connectivity index (χ2n) is 17.8. The molecule has 0 saturated carbocycles. The van der Waals surface area contributed by atoms with Gasteiger partial charge >= 0.3 is 0 Å². The predicted molar refractivity (Wildman–Crippen MR) is 261 cm³/mol. The van der Waals surface area contributed by atoms with E-state index in [0.29, 0.717) is 16.7 Å². The molecule has 1 rings (SSSR count). The van der Waals surface area contributed by atoms with Gasteiger partial charge in [-0.25, -0.2) is 0 Å². The average molecular weight is 958 g/mol. The lowest BCUT2D eigenvalue weighted by molar-refractivity contribution is 0.0650. The highest BCUT2D eigenvalue weighted by Crippen LogP contribution is 2.32. The van der Waals surface area contributed by atoms with Crippen LogP contribution in [0.4, 0.5) is 0 Å². The molecule has 0 aliphatic carbocycles. The van der Waals surface area contributed by atoms with Crippen molar-refractivity contribution >= 4 is 47.8 Å². The normalized spacial score (nSPS) is 11.0. The molecule has 1 aromatic rings. The molecule has 0 aromatic heterocycles. The highest BCUT2D eigenvalue weighted by molar-refractivity contribution is 9.09. The topological polar surface area (TPSA) is 60.7 Å². The van der Waals surface area contributed by atoms with Crippen molar-refractivity contribution in [3.8, 4) is 0 Å². The smallest absolute Gasteiger partial charge is 0.0840 e. The Morgan fingerprint density at radius 2 is 0.593 bits per heavy atom. The van der Waals surface area contributed by atoms with Gasteiger partial charge in [0, 0.05) is 16.0 Å². The lowest BCUT2D eigenvalue weighted by Crippen LogP contribution is -2.24. The Labute approximate surface area is 365 Å². The molecule has 0 aliphatic heterocycles. The Morgan fingerprint density at radius 1 is 0.426 bits per heavy atom. The predicted octanol–water partition coefficient (Wildman–Crippen LogP) is 16.3. The van der Waals surface area contributed by atoms with Gasteiger partial charge in [-0.15, -0.1) is 19.7 Å². The molecule has 1 aromatic carbocycles. The fraction of sp³-hybridized carbons (Fsp3) is 0.750. The number of allylic oxidation sites excluding steroid dienone is 3. The first kappa shape index (κ1) is 65.6. The Morgan fingerprint density at radius 3 is 0.630 bits per heavy atom. The summed E-state index contributed by atoms with van der Waals surface area (Å²) >= 11 is 10.0. The monoisotopic (exact) mass is 954 g/mol. The number of halogens is 3. The van der Waals surface area contributed by atoms with Crippen LogP contribution < -0.4 is 0 Å². The van der Waals surface area contributed by atoms with E-state index in [0.717, 1.165) is 70.8 Å². The maximum atomic E-state index is 10.1. The summed E-state index contributed by atoms with van der Waals surface area (Å²) in [7, 11) is 0. The molecule has 54 heavy (non-hydrogen) atoms. The van der Waals surface area contributed by atoms with Gasteiger partial charge in [0.25, 0.3) is 0 Å². The minimum atomic E-state index is -1.01. The molecule has 0 saturated heterocycles. The molecular weight excluding hydrogens is 864 g/mol. The van der Waals surface area contributed by atoms with E-state index in [1.807, 2.05) is 18.2 Å². The third-order valence-electron chi connectivity index (χ3n) is 7.03. The van der Waals surface area contributed by atoms with Gasteiger partial charge in [0.15, 0.2) is 0 Å². The summed E-state index contributed by atoms with van der Waals surface area (Å²) in [5.41, 5.74) is -0.998. The van der Waals surface area contributed by atoms with E-state index in [4.69, 9.17) is 0 Å². The molecule has 6 heteroatoms. The maximum absolute atomic E-state index is 10.1. The number of benzene rings is 1. The van der Waals surface area contributed by atoms with E-state index in [1.165, 1.54) is 19.3 Å². The van der Waals surface area contributed by atoms with Gasteiger partial charge in [-0.2, -0.15) is 0 Å². The minimum absolute atomic E-state index is 0.680. The van der Waals surface area contributed by atoms with E-state index in [-0.39, 0.29) is 0 Å². The molecule has 0 amide bonds. The van der Waals surface area contributed by atoms with E-state index in [2.05, 4.69) is 151 Å². The summed E-state index contributed by atoms with van der Waals surface area (Å²) < 4.78 is 0. The van der Waals surface area contributed by atoms with Crippen LogP contribution in [0.3, 0.4) is 0 Å². The van der Waals surface area contributed by atoms with Gasteiger partial charge < -0.3 is 15.3 Å². The summed E-state index contributed by atoms with van der Waals surface area (Å²) in [4.78, 5) is 0. The van der Waals surface area contributed by atoms with Gasteiger partial charge in [0.05, 0.1) is 16.8 Å². The fourth-order valence-electron chi connectivity index (χ4n) is 3.34. The summed E-state index contributed by atoms with van der Waals surface area (Å²) in [5, 5.41) is 33.7. The van der Waals surface area contributed by atoms with Crippen LogP contribution in [0.15, 0.2) is 56.2 Å². The first-order valence-corrected chi connectivity index (χ1v) is 23.6. The summed E-state index contributed by atoms with van der Waals surface area (Å²) in [6.07, 6.45) is 13.1. The molecule has 324 valence electrons. The van der Waals surface area contributed by atoms with E-state index in [9.17, 15) is 15.3 Å². The first-order valence-electron chi connectivity index (χ1n) is 20.3. The number of rotatable bonds is 15. The third-order valence-corrected chi connectivity index (χ3v) is 8.40. The molecule has 0 aliphatic rings. The van der Waals surface area contributed by atoms with Crippen molar-refractivity contribution in [3.63, 3.8) is 0 Å². The van der Waals surface area contributed by atoms with Crippen LogP contribution in [-0.2, 0) is 16.8 Å². The fourth-order valence-corrected chi connectivity index (χ4v) is 6.09. The van der Waals surface area contributed by atoms with Crippen molar-refractivity contribution in [2.24, 2.45) is 35.5 Å². The number of hydrogen-bond donors (Lipinski definition) is 3. The van der Waals surface area contributed by atoms with Crippen LogP contribution in [0.5, 0.6) is 0 Å². The van der Waals surface area contributed by atoms with Gasteiger partial charge in [0.2, 0.25) is 0 Å². The van der Waals surface area contributed by atoms with Crippen molar-refractivity contribution in [3.05, 3.63) is 72.9 Å². The van der Waals surface area contributed by atoms with Crippen molar-refractivity contribution in [1.82, 2.24) is 0 Å². The van der Waals surface area contributed by atoms with Crippen LogP contribution >= 0.6 is 47.8 Å². The van der Waals surface area contributed by atoms with Crippen LogP contribution in [0.25, 0.3) is 0 Å². The van der Waals surface area contributed by atoms with Crippen LogP contribution in [-0.4, -0.2) is 31.3 Å². The third kappa shape index (κ3) is 58.5. The zero-order valence-corrected chi connectivity index (χ0v) is 43.6. The SMILES string of the molecule is C=CCC(C)C.C=CCC(C)C.C=CCC(C)C.CC(C)(O)c1cc(C(C)(C)O)cc(C(C)(C)O)c1.CC(C)CCBr.CC(C)CCBr.CC(C)CCBr. The van der Waals surface area contributed by atoms with Crippen molar-refractivity contribution in [2.75, 3.05) is 16.0 Å². The molecule has 0 fully saturated rings. The number of alkyl halides is 3. The van der Waals surface area contributed by atoms with Gasteiger partial charge in [0.1, 0.15) is 0 Å². The second kappa shape index (κ2) is 39.6. The van der Waals surface area contributed by atoms with E-state index >= 15 is 0 Å². The lowest BCUT2D eigenvalue weighted by Gasteiger charge is -2.27. The quantitative estimate of drug-likeness (QED) is 0.121. The highest BCUT2D eigenvalue weighted by Gasteiger charge is 2.26. The maximum Gasteiger partial charge on any atom is 0.0840 e. The molecule has 0 radical (unpaired) electrons. The molecule has 0 bridgehead atoms. The molecule has 3 nitrogen and oxygen atoms in total. The Bertz CT molecular complexity index is 825. The van der Waals surface area contributed by atoms with Gasteiger partial charge in [-0.05, 0) is 132 Å². The second-order valence-corrected chi connectivity index (χ2v) is 20.2. The van der Waals surface area contributed by atoms with Crippen LogP contribution in [0, 0.1) is 35.5 Å². The van der Waals surface area contributed by atoms with Crippen molar-refractivity contribution in [1.29, 1.82) is 0 Å². The largest absolute Gasteiger partial charge is 0.386 e. The van der Waals surface area contributed by atoms with Crippen molar-refractivity contribution in [2.45, 2.75) is 180 Å². The van der Waals surface area contributed by atoms with Crippen LogP contribution in [0.2, 0.25) is 0 Å². The summed E-state index contributed by atoms with van der Waals surface area (Å²) in [6.45, 7) is 47.3. The molecule has 0 heterocycles. The number of aliphatic hydroxyl groups is 3. The van der Waals surface area contributed by atoms with E-state index in [1.54, 1.807) is 59.7 Å². The van der Waals surface area contributed by atoms with Crippen molar-refractivity contribution < 1.29 is 15.3 Å². The molecule has 0 atom stereocenters. The Hall–Kier alpha value is -0.240. The van der Waals surface area contributed by atoms with Gasteiger partial charge in [-0.1, -0.05) is 167 Å². The Kier molecular flexibility index (Phi) is 48.1. The first-order chi connectivity index (χ1) is 24.4. The summed E-state index contributed by atoms with van der Waals surface area (Å²) in [5.74, 6) is 4.89. The minimum Gasteiger partial charge on any atom is -0.386 e. The molecular formula is C48H93Br3O3. The molecule has 0 spiro atoms. The van der Waals surface area contributed by atoms with E-state index < -0.39 is 16.8 Å². The zero-order chi connectivity index (χ0) is 44.3. The Balaban J connectivity index is -0.000000135. The standard InChI is InChI=1S/C15H24O3.3C6H12.3C5H11Br/c1-13(2,16)10-7-11(14(3,4)17)9-12(8-10)15(5,6)18;3*1-4-5-6(2)3;3*1-5(2)3-4-6/h7-9,16-18H,1-6H3;3*4,6H,1,5H2,2-3H3;3*5H,3-4H2,1-2H3. The highest BCUT2D eigenvalue weighted by atomic mass is 79.9. The zero-order valence-electron chi connectivity index (χ0n) is 38.9. The van der Waals surface area contributed by atoms with Crippen LogP contribution in [0.1, 0.15) is 180 Å². The summed E-state index contributed by atoms with van der Waals surface area (Å²) in [6, 6.07) is 5.32. The molecule has 3 N–H and O–H groups in total.